The van der Waals surface area contributed by atoms with Gasteiger partial charge in [0.2, 0.25) is 0 Å². The van der Waals surface area contributed by atoms with Gasteiger partial charge in [0.1, 0.15) is 5.82 Å². The zero-order valence-corrected chi connectivity index (χ0v) is 12.1. The normalized spacial score (nSPS) is 10.6. The van der Waals surface area contributed by atoms with Crippen molar-refractivity contribution in [2.24, 2.45) is 0 Å². The van der Waals surface area contributed by atoms with Crippen molar-refractivity contribution in [1.82, 2.24) is 10.3 Å². The molecule has 0 atom stereocenters. The molecule has 1 N–H and O–H groups in total. The van der Waals surface area contributed by atoms with E-state index in [2.05, 4.69) is 10.3 Å². The third kappa shape index (κ3) is 2.81. The smallest absolute Gasteiger partial charge is 0.251 e. The summed E-state index contributed by atoms with van der Waals surface area (Å²) in [6, 6.07) is 13.7. The molecule has 0 bridgehead atoms. The Bertz CT molecular complexity index is 845. The van der Waals surface area contributed by atoms with E-state index in [4.69, 9.17) is 0 Å². The fourth-order valence-corrected chi connectivity index (χ4v) is 2.36. The van der Waals surface area contributed by atoms with Crippen molar-refractivity contribution >= 4 is 16.8 Å². The van der Waals surface area contributed by atoms with Crippen LogP contribution in [0, 0.1) is 5.82 Å². The monoisotopic (exact) mass is 294 g/mol. The van der Waals surface area contributed by atoms with Crippen LogP contribution in [0.1, 0.15) is 17.3 Å². The van der Waals surface area contributed by atoms with Crippen LogP contribution in [0.25, 0.3) is 22.0 Å². The number of nitrogens with zero attached hydrogens (tertiary/aromatic N) is 1. The van der Waals surface area contributed by atoms with Crippen molar-refractivity contribution < 1.29 is 9.18 Å². The van der Waals surface area contributed by atoms with Crippen LogP contribution in [0.3, 0.4) is 0 Å². The van der Waals surface area contributed by atoms with Crippen molar-refractivity contribution in [1.29, 1.82) is 0 Å². The van der Waals surface area contributed by atoms with Crippen molar-refractivity contribution in [3.05, 3.63) is 66.1 Å². The van der Waals surface area contributed by atoms with Crippen LogP contribution >= 0.6 is 0 Å². The number of halogens is 1. The van der Waals surface area contributed by atoms with E-state index in [1.807, 2.05) is 25.1 Å². The van der Waals surface area contributed by atoms with Gasteiger partial charge in [0.05, 0.1) is 5.52 Å². The molecule has 3 nitrogen and oxygen atoms in total. The van der Waals surface area contributed by atoms with Gasteiger partial charge in [-0.05, 0) is 48.9 Å². The summed E-state index contributed by atoms with van der Waals surface area (Å²) in [6.45, 7) is 2.46. The van der Waals surface area contributed by atoms with Crippen LogP contribution in [0.4, 0.5) is 4.39 Å². The first kappa shape index (κ1) is 14.2. The van der Waals surface area contributed by atoms with E-state index in [1.54, 1.807) is 24.4 Å². The summed E-state index contributed by atoms with van der Waals surface area (Å²) >= 11 is 0. The molecule has 0 aliphatic heterocycles. The molecule has 2 aromatic carbocycles. The molecule has 1 aromatic heterocycles. The lowest BCUT2D eigenvalue weighted by atomic mass is 10.0. The topological polar surface area (TPSA) is 42.0 Å². The number of pyridine rings is 1. The van der Waals surface area contributed by atoms with Gasteiger partial charge in [0.15, 0.2) is 0 Å². The van der Waals surface area contributed by atoms with Crippen molar-refractivity contribution in [3.63, 3.8) is 0 Å². The molecule has 0 saturated heterocycles. The Balaban J connectivity index is 2.06. The predicted octanol–water partition coefficient (Wildman–Crippen LogP) is 3.79. The lowest BCUT2D eigenvalue weighted by Crippen LogP contribution is -2.22. The summed E-state index contributed by atoms with van der Waals surface area (Å²) in [5, 5.41) is 3.62. The molecule has 1 heterocycles. The quantitative estimate of drug-likeness (QED) is 0.798. The first-order valence-electron chi connectivity index (χ1n) is 7.11. The Hall–Kier alpha value is -2.75. The fraction of sp³-hybridized carbons (Fsp3) is 0.111. The van der Waals surface area contributed by atoms with Gasteiger partial charge in [-0.15, -0.1) is 0 Å². The summed E-state index contributed by atoms with van der Waals surface area (Å²) < 4.78 is 13.3. The number of nitrogens with one attached hydrogen (secondary N) is 1. The number of aromatic nitrogens is 1. The second-order valence-corrected chi connectivity index (χ2v) is 5.00. The minimum Gasteiger partial charge on any atom is -0.352 e. The third-order valence-corrected chi connectivity index (χ3v) is 3.44. The van der Waals surface area contributed by atoms with E-state index in [0.717, 1.165) is 22.0 Å². The molecule has 22 heavy (non-hydrogen) atoms. The molecular weight excluding hydrogens is 279 g/mol. The number of carbonyl (C=O) groups excluding carboxylic acids is 1. The van der Waals surface area contributed by atoms with Crippen LogP contribution in [0.15, 0.2) is 54.7 Å². The molecule has 0 radical (unpaired) electrons. The number of hydrogen-bond acceptors (Lipinski definition) is 2. The third-order valence-electron chi connectivity index (χ3n) is 3.44. The lowest BCUT2D eigenvalue weighted by Gasteiger charge is -2.06. The van der Waals surface area contributed by atoms with E-state index in [0.29, 0.717) is 12.1 Å². The zero-order valence-electron chi connectivity index (χ0n) is 12.1. The Morgan fingerprint density at radius 1 is 1.14 bits per heavy atom. The maximum Gasteiger partial charge on any atom is 0.251 e. The maximum atomic E-state index is 13.3. The molecule has 3 aromatic rings. The molecule has 0 unspecified atom stereocenters. The number of hydrogen-bond donors (Lipinski definition) is 1. The Kier molecular flexibility index (Phi) is 3.83. The SMILES string of the molecule is CCNC(=O)c1ccc2ncc(-c3cccc(F)c3)cc2c1. The second kappa shape index (κ2) is 5.93. The number of benzene rings is 2. The summed E-state index contributed by atoms with van der Waals surface area (Å²) in [7, 11) is 0. The highest BCUT2D eigenvalue weighted by atomic mass is 19.1. The van der Waals surface area contributed by atoms with E-state index in [9.17, 15) is 9.18 Å². The average molecular weight is 294 g/mol. The predicted molar refractivity (Wildman–Crippen MR) is 85.1 cm³/mol. The molecule has 3 rings (SSSR count). The number of fused-ring (bicyclic) bond motifs is 1. The molecular formula is C18H15FN2O. The van der Waals surface area contributed by atoms with Gasteiger partial charge in [-0.25, -0.2) is 4.39 Å². The van der Waals surface area contributed by atoms with Gasteiger partial charge in [-0.3, -0.25) is 9.78 Å². The molecule has 0 aliphatic rings. The highest BCUT2D eigenvalue weighted by Gasteiger charge is 2.07. The molecule has 110 valence electrons. The molecule has 1 amide bonds. The van der Waals surface area contributed by atoms with Crippen LogP contribution in [-0.2, 0) is 0 Å². The van der Waals surface area contributed by atoms with E-state index in [1.165, 1.54) is 12.1 Å². The van der Waals surface area contributed by atoms with Crippen LogP contribution in [0.5, 0.6) is 0 Å². The van der Waals surface area contributed by atoms with Crippen molar-refractivity contribution in [2.75, 3.05) is 6.54 Å². The van der Waals surface area contributed by atoms with Crippen molar-refractivity contribution in [2.45, 2.75) is 6.92 Å². The molecule has 4 heteroatoms. The Morgan fingerprint density at radius 3 is 2.77 bits per heavy atom. The highest BCUT2D eigenvalue weighted by Crippen LogP contribution is 2.24. The van der Waals surface area contributed by atoms with E-state index < -0.39 is 0 Å². The van der Waals surface area contributed by atoms with Gasteiger partial charge >= 0.3 is 0 Å². The van der Waals surface area contributed by atoms with Gasteiger partial charge in [0.25, 0.3) is 5.91 Å². The summed E-state index contributed by atoms with van der Waals surface area (Å²) in [4.78, 5) is 16.3. The van der Waals surface area contributed by atoms with Crippen molar-refractivity contribution in [3.8, 4) is 11.1 Å². The standard InChI is InChI=1S/C18H15FN2O/c1-2-20-18(22)13-6-7-17-14(8-13)9-15(11-21-17)12-4-3-5-16(19)10-12/h3-11H,2H2,1H3,(H,20,22). The molecule has 0 fully saturated rings. The largest absolute Gasteiger partial charge is 0.352 e. The van der Waals surface area contributed by atoms with Gasteiger partial charge < -0.3 is 5.32 Å². The first-order valence-corrected chi connectivity index (χ1v) is 7.11. The summed E-state index contributed by atoms with van der Waals surface area (Å²) in [6.07, 6.45) is 1.71. The minimum absolute atomic E-state index is 0.111. The number of rotatable bonds is 3. The number of amides is 1. The lowest BCUT2D eigenvalue weighted by molar-refractivity contribution is 0.0956. The van der Waals surface area contributed by atoms with Gasteiger partial charge in [0, 0.05) is 29.3 Å². The Labute approximate surface area is 127 Å². The molecule has 0 aliphatic carbocycles. The minimum atomic E-state index is -0.284. The van der Waals surface area contributed by atoms with Crippen LogP contribution in [0.2, 0.25) is 0 Å². The highest BCUT2D eigenvalue weighted by molar-refractivity contribution is 5.98. The van der Waals surface area contributed by atoms with E-state index in [-0.39, 0.29) is 11.7 Å². The van der Waals surface area contributed by atoms with Crippen LogP contribution < -0.4 is 5.32 Å². The second-order valence-electron chi connectivity index (χ2n) is 5.00. The zero-order chi connectivity index (χ0) is 15.5. The summed E-state index contributed by atoms with van der Waals surface area (Å²) in [5.41, 5.74) is 2.97. The maximum absolute atomic E-state index is 13.3. The average Bonchev–Trinajstić information content (AvgIpc) is 2.54. The molecule has 0 saturated carbocycles. The summed E-state index contributed by atoms with van der Waals surface area (Å²) in [5.74, 6) is -0.394. The number of carbonyl (C=O) groups is 1. The first-order chi connectivity index (χ1) is 10.7. The van der Waals surface area contributed by atoms with Gasteiger partial charge in [-0.2, -0.15) is 0 Å². The van der Waals surface area contributed by atoms with Crippen LogP contribution in [-0.4, -0.2) is 17.4 Å². The Morgan fingerprint density at radius 2 is 2.00 bits per heavy atom. The molecule has 0 spiro atoms. The fourth-order valence-electron chi connectivity index (χ4n) is 2.36. The van der Waals surface area contributed by atoms with Gasteiger partial charge in [-0.1, -0.05) is 12.1 Å². The van der Waals surface area contributed by atoms with E-state index >= 15 is 0 Å².